The fourth-order valence-electron chi connectivity index (χ4n) is 1.04. The van der Waals surface area contributed by atoms with Crippen molar-refractivity contribution in [2.75, 3.05) is 5.75 Å². The molecule has 0 saturated carbocycles. The Morgan fingerprint density at radius 1 is 1.53 bits per heavy atom. The van der Waals surface area contributed by atoms with Crippen molar-refractivity contribution in [3.05, 3.63) is 23.9 Å². The molecule has 0 aliphatic rings. The Balaban J connectivity index is 2.45. The molecule has 90 valence electrons. The molecule has 4 nitrogen and oxygen atoms in total. The Hall–Kier alpha value is -1.54. The molecule has 0 saturated heterocycles. The van der Waals surface area contributed by atoms with E-state index in [4.69, 9.17) is 10.00 Å². The number of nitriles is 1. The van der Waals surface area contributed by atoms with Crippen molar-refractivity contribution in [2.24, 2.45) is 0 Å². The molecule has 0 aliphatic carbocycles. The summed E-state index contributed by atoms with van der Waals surface area (Å²) in [6.07, 6.45) is 1.48. The largest absolute Gasteiger partial charge is 0.459 e. The standard InChI is InChI=1S/C12H14N2O2S/c1-12(2,3)16-11(15)8-17-10-5-4-9(6-13)7-14-10/h4-5,7H,8H2,1-3H3. The topological polar surface area (TPSA) is 63.0 Å². The predicted molar refractivity (Wildman–Crippen MR) is 65.5 cm³/mol. The maximum atomic E-state index is 11.4. The summed E-state index contributed by atoms with van der Waals surface area (Å²) in [6, 6.07) is 5.37. The van der Waals surface area contributed by atoms with Crippen LogP contribution in [0.5, 0.6) is 0 Å². The maximum Gasteiger partial charge on any atom is 0.316 e. The van der Waals surface area contributed by atoms with Crippen LogP contribution in [0.25, 0.3) is 0 Å². The van der Waals surface area contributed by atoms with Crippen LogP contribution < -0.4 is 0 Å². The lowest BCUT2D eigenvalue weighted by atomic mass is 10.2. The molecule has 0 spiro atoms. The fourth-order valence-corrected chi connectivity index (χ4v) is 1.65. The van der Waals surface area contributed by atoms with Crippen LogP contribution in [-0.2, 0) is 9.53 Å². The Bertz CT molecular complexity index is 429. The quantitative estimate of drug-likeness (QED) is 0.609. The van der Waals surface area contributed by atoms with Gasteiger partial charge < -0.3 is 4.74 Å². The number of pyridine rings is 1. The third kappa shape index (κ3) is 5.36. The van der Waals surface area contributed by atoms with Gasteiger partial charge in [0.15, 0.2) is 0 Å². The highest BCUT2D eigenvalue weighted by Crippen LogP contribution is 2.17. The molecule has 17 heavy (non-hydrogen) atoms. The van der Waals surface area contributed by atoms with Gasteiger partial charge >= 0.3 is 5.97 Å². The number of esters is 1. The lowest BCUT2D eigenvalue weighted by Crippen LogP contribution is -2.24. The van der Waals surface area contributed by atoms with Crippen molar-refractivity contribution in [3.63, 3.8) is 0 Å². The van der Waals surface area contributed by atoms with E-state index in [1.807, 2.05) is 26.8 Å². The zero-order valence-electron chi connectivity index (χ0n) is 10.1. The van der Waals surface area contributed by atoms with E-state index in [0.29, 0.717) is 10.6 Å². The number of carbonyl (C=O) groups is 1. The van der Waals surface area contributed by atoms with Crippen LogP contribution in [0.15, 0.2) is 23.4 Å². The summed E-state index contributed by atoms with van der Waals surface area (Å²) in [5.74, 6) is -0.0513. The van der Waals surface area contributed by atoms with Gasteiger partial charge in [0.25, 0.3) is 0 Å². The zero-order chi connectivity index (χ0) is 12.9. The highest BCUT2D eigenvalue weighted by molar-refractivity contribution is 7.99. The van der Waals surface area contributed by atoms with Crippen LogP contribution in [0.2, 0.25) is 0 Å². The van der Waals surface area contributed by atoms with Crippen LogP contribution in [0.3, 0.4) is 0 Å². The third-order valence-corrected chi connectivity index (χ3v) is 2.54. The van der Waals surface area contributed by atoms with Crippen molar-refractivity contribution in [1.82, 2.24) is 4.98 Å². The maximum absolute atomic E-state index is 11.4. The summed E-state index contributed by atoms with van der Waals surface area (Å²) in [5.41, 5.74) is 0.0436. The molecule has 5 heteroatoms. The molecular weight excluding hydrogens is 236 g/mol. The minimum absolute atomic E-state index is 0.218. The van der Waals surface area contributed by atoms with Crippen molar-refractivity contribution >= 4 is 17.7 Å². The number of thioether (sulfide) groups is 1. The molecule has 0 aromatic carbocycles. The molecule has 0 amide bonds. The summed E-state index contributed by atoms with van der Waals surface area (Å²) in [5, 5.41) is 9.31. The first-order valence-electron chi connectivity index (χ1n) is 5.11. The van der Waals surface area contributed by atoms with E-state index < -0.39 is 5.60 Å². The summed E-state index contributed by atoms with van der Waals surface area (Å²) in [4.78, 5) is 15.5. The van der Waals surface area contributed by atoms with Gasteiger partial charge in [-0.05, 0) is 32.9 Å². The Morgan fingerprint density at radius 3 is 2.71 bits per heavy atom. The number of nitrogens with zero attached hydrogens (tertiary/aromatic N) is 2. The van der Waals surface area contributed by atoms with Gasteiger partial charge in [-0.3, -0.25) is 4.79 Å². The van der Waals surface area contributed by atoms with Crippen molar-refractivity contribution in [3.8, 4) is 6.07 Å². The number of hydrogen-bond acceptors (Lipinski definition) is 5. The van der Waals surface area contributed by atoms with Gasteiger partial charge in [0, 0.05) is 6.20 Å². The first kappa shape index (κ1) is 13.5. The average Bonchev–Trinajstić information content (AvgIpc) is 2.25. The molecule has 0 aliphatic heterocycles. The Kier molecular flexibility index (Phi) is 4.53. The molecule has 0 N–H and O–H groups in total. The van der Waals surface area contributed by atoms with E-state index in [2.05, 4.69) is 4.98 Å². The van der Waals surface area contributed by atoms with E-state index in [-0.39, 0.29) is 11.7 Å². The predicted octanol–water partition coefficient (Wildman–Crippen LogP) is 2.39. The summed E-state index contributed by atoms with van der Waals surface area (Å²) >= 11 is 1.29. The first-order chi connectivity index (χ1) is 7.90. The number of rotatable bonds is 3. The molecule has 1 aromatic heterocycles. The van der Waals surface area contributed by atoms with Gasteiger partial charge in [-0.1, -0.05) is 11.8 Å². The zero-order valence-corrected chi connectivity index (χ0v) is 10.9. The van der Waals surface area contributed by atoms with Gasteiger partial charge in [0.1, 0.15) is 11.7 Å². The fraction of sp³-hybridized carbons (Fsp3) is 0.417. The van der Waals surface area contributed by atoms with Crippen LogP contribution in [0, 0.1) is 11.3 Å². The molecular formula is C12H14N2O2S. The number of hydrogen-bond donors (Lipinski definition) is 0. The van der Waals surface area contributed by atoms with Crippen molar-refractivity contribution in [1.29, 1.82) is 5.26 Å². The van der Waals surface area contributed by atoms with Crippen LogP contribution in [0.1, 0.15) is 26.3 Å². The molecule has 1 rings (SSSR count). The number of ether oxygens (including phenoxy) is 1. The van der Waals surface area contributed by atoms with Crippen LogP contribution >= 0.6 is 11.8 Å². The number of carbonyl (C=O) groups excluding carboxylic acids is 1. The second kappa shape index (κ2) is 5.69. The molecule has 0 fully saturated rings. The second-order valence-electron chi connectivity index (χ2n) is 4.37. The molecule has 1 aromatic rings. The minimum Gasteiger partial charge on any atom is -0.459 e. The summed E-state index contributed by atoms with van der Waals surface area (Å²) in [7, 11) is 0. The van der Waals surface area contributed by atoms with E-state index in [9.17, 15) is 4.79 Å². The lowest BCUT2D eigenvalue weighted by molar-refractivity contribution is -0.151. The summed E-state index contributed by atoms with van der Waals surface area (Å²) in [6.45, 7) is 5.49. The summed E-state index contributed by atoms with van der Waals surface area (Å²) < 4.78 is 5.16. The molecule has 0 bridgehead atoms. The van der Waals surface area contributed by atoms with E-state index in [1.54, 1.807) is 12.1 Å². The smallest absolute Gasteiger partial charge is 0.316 e. The van der Waals surface area contributed by atoms with Gasteiger partial charge in [0.2, 0.25) is 0 Å². The van der Waals surface area contributed by atoms with Crippen molar-refractivity contribution < 1.29 is 9.53 Å². The highest BCUT2D eigenvalue weighted by Gasteiger charge is 2.16. The second-order valence-corrected chi connectivity index (χ2v) is 5.37. The van der Waals surface area contributed by atoms with Crippen LogP contribution in [-0.4, -0.2) is 22.3 Å². The molecule has 0 radical (unpaired) electrons. The first-order valence-corrected chi connectivity index (χ1v) is 6.10. The third-order valence-electron chi connectivity index (χ3n) is 1.62. The lowest BCUT2D eigenvalue weighted by Gasteiger charge is -2.19. The van der Waals surface area contributed by atoms with E-state index in [1.165, 1.54) is 18.0 Å². The number of aromatic nitrogens is 1. The normalized spacial score (nSPS) is 10.7. The minimum atomic E-state index is -0.463. The van der Waals surface area contributed by atoms with Crippen molar-refractivity contribution in [2.45, 2.75) is 31.4 Å². The van der Waals surface area contributed by atoms with Gasteiger partial charge in [-0.15, -0.1) is 0 Å². The highest BCUT2D eigenvalue weighted by atomic mass is 32.2. The van der Waals surface area contributed by atoms with E-state index >= 15 is 0 Å². The van der Waals surface area contributed by atoms with Gasteiger partial charge in [-0.25, -0.2) is 4.98 Å². The SMILES string of the molecule is CC(C)(C)OC(=O)CSc1ccc(C#N)cn1. The molecule has 0 unspecified atom stereocenters. The molecule has 0 atom stereocenters. The monoisotopic (exact) mass is 250 g/mol. The average molecular weight is 250 g/mol. The Labute approximate surface area is 105 Å². The van der Waals surface area contributed by atoms with E-state index in [0.717, 1.165) is 0 Å². The van der Waals surface area contributed by atoms with Gasteiger partial charge in [0.05, 0.1) is 16.3 Å². The molecule has 1 heterocycles. The Morgan fingerprint density at radius 2 is 2.24 bits per heavy atom. The van der Waals surface area contributed by atoms with Gasteiger partial charge in [-0.2, -0.15) is 5.26 Å². The van der Waals surface area contributed by atoms with Crippen LogP contribution in [0.4, 0.5) is 0 Å².